The fourth-order valence-electron chi connectivity index (χ4n) is 1.68. The highest BCUT2D eigenvalue weighted by Crippen LogP contribution is 2.31. The molecule has 21 heavy (non-hydrogen) atoms. The number of nitrogens with zero attached hydrogens (tertiary/aromatic N) is 1. The van der Waals surface area contributed by atoms with Crippen molar-refractivity contribution < 1.29 is 4.42 Å². The van der Waals surface area contributed by atoms with E-state index in [1.54, 1.807) is 0 Å². The van der Waals surface area contributed by atoms with Crippen molar-refractivity contribution in [3.8, 4) is 0 Å². The van der Waals surface area contributed by atoms with Gasteiger partial charge in [0.05, 0.1) is 5.69 Å². The lowest BCUT2D eigenvalue weighted by atomic mass is 10.1. The number of nitrogens with one attached hydrogen (secondary N) is 1. The molecule has 1 aromatic heterocycles. The Bertz CT molecular complexity index is 612. The molecular weight excluding hydrogens is 304 g/mol. The first-order valence-corrected chi connectivity index (χ1v) is 8.09. The Morgan fingerprint density at radius 1 is 1.29 bits per heavy atom. The van der Waals surface area contributed by atoms with Crippen LogP contribution in [0.1, 0.15) is 37.8 Å². The highest BCUT2D eigenvalue weighted by atomic mass is 35.5. The van der Waals surface area contributed by atoms with Gasteiger partial charge < -0.3 is 9.73 Å². The summed E-state index contributed by atoms with van der Waals surface area (Å²) in [4.78, 5) is 5.40. The topological polar surface area (TPSA) is 38.1 Å². The number of aryl methyl sites for hydroxylation is 2. The molecule has 0 saturated carbocycles. The summed E-state index contributed by atoms with van der Waals surface area (Å²) < 4.78 is 5.58. The summed E-state index contributed by atoms with van der Waals surface area (Å²) >= 11 is 7.84. The highest BCUT2D eigenvalue weighted by Gasteiger charge is 2.12. The average molecular weight is 325 g/mol. The van der Waals surface area contributed by atoms with Crippen LogP contribution in [0.25, 0.3) is 0 Å². The Balaban J connectivity index is 2.08. The minimum Gasteiger partial charge on any atom is -0.436 e. The molecule has 0 aliphatic rings. The Kier molecular flexibility index (Phi) is 5.02. The monoisotopic (exact) mass is 324 g/mol. The highest BCUT2D eigenvalue weighted by molar-refractivity contribution is 7.99. The molecule has 5 heteroatoms. The SMILES string of the molecule is Cc1nc(Sc2ccc(CNC(C)(C)C)c(Cl)c2)oc1C. The summed E-state index contributed by atoms with van der Waals surface area (Å²) in [5, 5.41) is 4.85. The second kappa shape index (κ2) is 6.42. The maximum Gasteiger partial charge on any atom is 0.260 e. The molecule has 0 atom stereocenters. The van der Waals surface area contributed by atoms with Gasteiger partial charge in [0, 0.05) is 22.0 Å². The molecule has 0 aliphatic carbocycles. The molecular formula is C16H21ClN2OS. The molecule has 1 N–H and O–H groups in total. The van der Waals surface area contributed by atoms with Crippen molar-refractivity contribution >= 4 is 23.4 Å². The first-order chi connectivity index (χ1) is 9.74. The first-order valence-electron chi connectivity index (χ1n) is 6.90. The first kappa shape index (κ1) is 16.4. The van der Waals surface area contributed by atoms with Crippen LogP contribution in [-0.2, 0) is 6.54 Å². The van der Waals surface area contributed by atoms with E-state index in [4.69, 9.17) is 16.0 Å². The summed E-state index contributed by atoms with van der Waals surface area (Å²) in [5.74, 6) is 0.856. The smallest absolute Gasteiger partial charge is 0.260 e. The van der Waals surface area contributed by atoms with Crippen LogP contribution in [0.3, 0.4) is 0 Å². The standard InChI is InChI=1S/C16H21ClN2OS/c1-10-11(2)20-15(19-10)21-13-7-6-12(14(17)8-13)9-18-16(3,4)5/h6-8,18H,9H2,1-5H3. The van der Waals surface area contributed by atoms with Crippen molar-refractivity contribution in [1.29, 1.82) is 0 Å². The molecule has 2 aromatic rings. The number of rotatable bonds is 4. The maximum atomic E-state index is 6.36. The zero-order valence-electron chi connectivity index (χ0n) is 13.1. The fraction of sp³-hybridized carbons (Fsp3) is 0.438. The van der Waals surface area contributed by atoms with E-state index in [2.05, 4.69) is 31.1 Å². The average Bonchev–Trinajstić information content (AvgIpc) is 2.66. The van der Waals surface area contributed by atoms with Crippen molar-refractivity contribution in [2.75, 3.05) is 0 Å². The van der Waals surface area contributed by atoms with E-state index in [1.165, 1.54) is 11.8 Å². The van der Waals surface area contributed by atoms with Gasteiger partial charge in [0.1, 0.15) is 5.76 Å². The number of oxazole rings is 1. The molecule has 1 aromatic carbocycles. The fourth-order valence-corrected chi connectivity index (χ4v) is 2.86. The Morgan fingerprint density at radius 3 is 2.52 bits per heavy atom. The molecule has 0 saturated heterocycles. The number of aromatic nitrogens is 1. The second-order valence-corrected chi connectivity index (χ2v) is 7.51. The third-order valence-corrected chi connectivity index (χ3v) is 4.24. The van der Waals surface area contributed by atoms with Crippen molar-refractivity contribution in [3.63, 3.8) is 0 Å². The quantitative estimate of drug-likeness (QED) is 0.860. The van der Waals surface area contributed by atoms with Crippen molar-refractivity contribution in [3.05, 3.63) is 40.2 Å². The summed E-state index contributed by atoms with van der Waals surface area (Å²) in [6.07, 6.45) is 0. The zero-order chi connectivity index (χ0) is 15.6. The van der Waals surface area contributed by atoms with Gasteiger partial charge in [-0.3, -0.25) is 0 Å². The van der Waals surface area contributed by atoms with Crippen LogP contribution in [-0.4, -0.2) is 10.5 Å². The van der Waals surface area contributed by atoms with Gasteiger partial charge in [0.15, 0.2) is 0 Å². The van der Waals surface area contributed by atoms with Gasteiger partial charge >= 0.3 is 0 Å². The van der Waals surface area contributed by atoms with Crippen molar-refractivity contribution in [2.45, 2.75) is 56.8 Å². The number of hydrogen-bond donors (Lipinski definition) is 1. The third-order valence-electron chi connectivity index (χ3n) is 3.05. The molecule has 2 rings (SSSR count). The van der Waals surface area contributed by atoms with Crippen LogP contribution in [0.2, 0.25) is 5.02 Å². The van der Waals surface area contributed by atoms with Crippen LogP contribution in [0.5, 0.6) is 0 Å². The third kappa shape index (κ3) is 4.77. The number of hydrogen-bond acceptors (Lipinski definition) is 4. The van der Waals surface area contributed by atoms with Crippen LogP contribution in [0.15, 0.2) is 32.7 Å². The molecule has 3 nitrogen and oxygen atoms in total. The zero-order valence-corrected chi connectivity index (χ0v) is 14.7. The summed E-state index contributed by atoms with van der Waals surface area (Å²) in [7, 11) is 0. The predicted molar refractivity (Wildman–Crippen MR) is 88.1 cm³/mol. The van der Waals surface area contributed by atoms with E-state index in [0.717, 1.165) is 33.5 Å². The second-order valence-electron chi connectivity index (χ2n) is 6.08. The molecule has 0 fully saturated rings. The molecule has 1 heterocycles. The largest absolute Gasteiger partial charge is 0.436 e. The van der Waals surface area contributed by atoms with E-state index < -0.39 is 0 Å². The van der Waals surface area contributed by atoms with Gasteiger partial charge in [-0.15, -0.1) is 0 Å². The maximum absolute atomic E-state index is 6.36. The van der Waals surface area contributed by atoms with Crippen LogP contribution in [0.4, 0.5) is 0 Å². The molecule has 0 amide bonds. The molecule has 0 unspecified atom stereocenters. The van der Waals surface area contributed by atoms with Gasteiger partial charge in [0.25, 0.3) is 5.22 Å². The summed E-state index contributed by atoms with van der Waals surface area (Å²) in [5.41, 5.74) is 2.09. The van der Waals surface area contributed by atoms with Gasteiger partial charge in [-0.25, -0.2) is 4.98 Å². The van der Waals surface area contributed by atoms with E-state index in [-0.39, 0.29) is 5.54 Å². The number of benzene rings is 1. The lowest BCUT2D eigenvalue weighted by Crippen LogP contribution is -2.35. The predicted octanol–water partition coefficient (Wildman–Crippen LogP) is 4.98. The minimum atomic E-state index is 0.0733. The molecule has 0 aliphatic heterocycles. The van der Waals surface area contributed by atoms with E-state index in [0.29, 0.717) is 5.22 Å². The van der Waals surface area contributed by atoms with Gasteiger partial charge in [0.2, 0.25) is 0 Å². The Hall–Kier alpha value is -0.970. The summed E-state index contributed by atoms with van der Waals surface area (Å²) in [6.45, 7) is 11.0. The van der Waals surface area contributed by atoms with E-state index in [9.17, 15) is 0 Å². The lowest BCUT2D eigenvalue weighted by molar-refractivity contribution is 0.424. The van der Waals surface area contributed by atoms with Crippen LogP contribution >= 0.6 is 23.4 Å². The van der Waals surface area contributed by atoms with E-state index in [1.807, 2.05) is 32.0 Å². The molecule has 0 spiro atoms. The van der Waals surface area contributed by atoms with Crippen molar-refractivity contribution in [1.82, 2.24) is 10.3 Å². The molecule has 114 valence electrons. The Labute approximate surface area is 135 Å². The minimum absolute atomic E-state index is 0.0733. The van der Waals surface area contributed by atoms with Crippen molar-refractivity contribution in [2.24, 2.45) is 0 Å². The van der Waals surface area contributed by atoms with Gasteiger partial charge in [-0.1, -0.05) is 17.7 Å². The molecule has 0 radical (unpaired) electrons. The molecule has 0 bridgehead atoms. The Morgan fingerprint density at radius 2 is 2.00 bits per heavy atom. The number of halogens is 1. The summed E-state index contributed by atoms with van der Waals surface area (Å²) in [6, 6.07) is 6.05. The normalized spacial score (nSPS) is 11.9. The van der Waals surface area contributed by atoms with Gasteiger partial charge in [-0.2, -0.15) is 0 Å². The van der Waals surface area contributed by atoms with Crippen LogP contribution in [0, 0.1) is 13.8 Å². The van der Waals surface area contributed by atoms with Gasteiger partial charge in [-0.05, 0) is 64.1 Å². The lowest BCUT2D eigenvalue weighted by Gasteiger charge is -2.21. The van der Waals surface area contributed by atoms with E-state index >= 15 is 0 Å². The van der Waals surface area contributed by atoms with Crippen LogP contribution < -0.4 is 5.32 Å².